The fourth-order valence-corrected chi connectivity index (χ4v) is 3.37. The molecule has 0 fully saturated rings. The fourth-order valence-electron chi connectivity index (χ4n) is 1.90. The monoisotopic (exact) mass is 282 g/mol. The van der Waals surface area contributed by atoms with Crippen LogP contribution in [0.5, 0.6) is 0 Å². The summed E-state index contributed by atoms with van der Waals surface area (Å²) in [6, 6.07) is 8.31. The topological polar surface area (TPSA) is 15.3 Å². The lowest BCUT2D eigenvalue weighted by Crippen LogP contribution is -2.20. The maximum Gasteiger partial charge on any atom is 0.0636 e. The van der Waals surface area contributed by atoms with Crippen molar-refractivity contribution in [3.8, 4) is 0 Å². The predicted octanol–water partition coefficient (Wildman–Crippen LogP) is 3.60. The summed E-state index contributed by atoms with van der Waals surface area (Å²) in [4.78, 5) is 3.44. The van der Waals surface area contributed by atoms with Crippen molar-refractivity contribution >= 4 is 33.0 Å². The normalized spacial score (nSPS) is 11.6. The van der Waals surface area contributed by atoms with Gasteiger partial charge in [-0.15, -0.1) is 11.3 Å². The summed E-state index contributed by atoms with van der Waals surface area (Å²) in [5, 5.41) is 5.55. The van der Waals surface area contributed by atoms with Crippen molar-refractivity contribution < 1.29 is 0 Å². The van der Waals surface area contributed by atoms with Crippen LogP contribution in [0.2, 0.25) is 5.02 Å². The third-order valence-electron chi connectivity index (χ3n) is 2.85. The number of halogens is 1. The molecule has 0 bridgehead atoms. The molecule has 98 valence electrons. The molecule has 0 aliphatic heterocycles. The summed E-state index contributed by atoms with van der Waals surface area (Å²) in [6.07, 6.45) is 1.16. The van der Waals surface area contributed by atoms with Crippen LogP contribution in [-0.2, 0) is 6.54 Å². The Balaban J connectivity index is 1.90. The third-order valence-corrected chi connectivity index (χ3v) is 4.56. The zero-order valence-corrected chi connectivity index (χ0v) is 12.4. The highest BCUT2D eigenvalue weighted by molar-refractivity contribution is 7.19. The van der Waals surface area contributed by atoms with Crippen molar-refractivity contribution in [2.75, 3.05) is 27.2 Å². The molecule has 2 nitrogen and oxygen atoms in total. The van der Waals surface area contributed by atoms with Crippen LogP contribution in [0.15, 0.2) is 24.3 Å². The van der Waals surface area contributed by atoms with Gasteiger partial charge in [0.1, 0.15) is 0 Å². The lowest BCUT2D eigenvalue weighted by atomic mass is 10.2. The highest BCUT2D eigenvalue weighted by Crippen LogP contribution is 2.34. The predicted molar refractivity (Wildman–Crippen MR) is 81.7 cm³/mol. The number of benzene rings is 1. The van der Waals surface area contributed by atoms with Gasteiger partial charge < -0.3 is 10.2 Å². The van der Waals surface area contributed by atoms with Gasteiger partial charge in [0.25, 0.3) is 0 Å². The zero-order valence-electron chi connectivity index (χ0n) is 10.9. The Morgan fingerprint density at radius 2 is 2.06 bits per heavy atom. The minimum absolute atomic E-state index is 0.867. The molecular formula is C14H19ClN2S. The van der Waals surface area contributed by atoms with E-state index in [4.69, 9.17) is 11.6 Å². The standard InChI is InChI=1S/C14H19ClN2S/c1-17(2)9-5-8-16-10-13-14(15)11-6-3-4-7-12(11)18-13/h3-4,6-7,16H,5,8-10H2,1-2H3. The van der Waals surface area contributed by atoms with E-state index < -0.39 is 0 Å². The maximum atomic E-state index is 6.38. The molecule has 0 spiro atoms. The smallest absolute Gasteiger partial charge is 0.0636 e. The zero-order chi connectivity index (χ0) is 13.0. The van der Waals surface area contributed by atoms with E-state index in [9.17, 15) is 0 Å². The number of hydrogen-bond donors (Lipinski definition) is 1. The molecule has 1 aromatic carbocycles. The second-order valence-electron chi connectivity index (χ2n) is 4.67. The Morgan fingerprint density at radius 3 is 2.78 bits per heavy atom. The number of thiophene rings is 1. The molecule has 0 aliphatic carbocycles. The average molecular weight is 283 g/mol. The molecular weight excluding hydrogens is 264 g/mol. The highest BCUT2D eigenvalue weighted by atomic mass is 35.5. The first kappa shape index (κ1) is 13.8. The van der Waals surface area contributed by atoms with Crippen LogP contribution >= 0.6 is 22.9 Å². The van der Waals surface area contributed by atoms with E-state index in [0.29, 0.717) is 0 Å². The molecule has 1 N–H and O–H groups in total. The molecule has 0 amide bonds. The minimum atomic E-state index is 0.867. The van der Waals surface area contributed by atoms with Crippen molar-refractivity contribution in [1.29, 1.82) is 0 Å². The molecule has 0 atom stereocenters. The Bertz CT molecular complexity index is 507. The van der Waals surface area contributed by atoms with Crippen LogP contribution in [0.4, 0.5) is 0 Å². The molecule has 2 rings (SSSR count). The summed E-state index contributed by atoms with van der Waals surface area (Å²) in [6.45, 7) is 3.02. The fraction of sp³-hybridized carbons (Fsp3) is 0.429. The van der Waals surface area contributed by atoms with Crippen LogP contribution < -0.4 is 5.32 Å². The van der Waals surface area contributed by atoms with Crippen LogP contribution in [0.1, 0.15) is 11.3 Å². The number of rotatable bonds is 6. The molecule has 0 unspecified atom stereocenters. The van der Waals surface area contributed by atoms with Gasteiger partial charge >= 0.3 is 0 Å². The van der Waals surface area contributed by atoms with Gasteiger partial charge in [-0.1, -0.05) is 29.8 Å². The van der Waals surface area contributed by atoms with Gasteiger partial charge in [0, 0.05) is 21.5 Å². The number of hydrogen-bond acceptors (Lipinski definition) is 3. The Hall–Kier alpha value is -0.610. The van der Waals surface area contributed by atoms with E-state index in [1.54, 1.807) is 11.3 Å². The quantitative estimate of drug-likeness (QED) is 0.815. The SMILES string of the molecule is CN(C)CCCNCc1sc2ccccc2c1Cl. The molecule has 0 radical (unpaired) electrons. The summed E-state index contributed by atoms with van der Waals surface area (Å²) in [7, 11) is 4.20. The highest BCUT2D eigenvalue weighted by Gasteiger charge is 2.08. The molecule has 18 heavy (non-hydrogen) atoms. The lowest BCUT2D eigenvalue weighted by molar-refractivity contribution is 0.394. The molecule has 2 aromatic rings. The molecule has 0 aliphatic rings. The van der Waals surface area contributed by atoms with Gasteiger partial charge in [-0.2, -0.15) is 0 Å². The first-order valence-electron chi connectivity index (χ1n) is 6.20. The molecule has 0 saturated carbocycles. The minimum Gasteiger partial charge on any atom is -0.312 e. The van der Waals surface area contributed by atoms with Crippen molar-refractivity contribution in [3.05, 3.63) is 34.2 Å². The molecule has 1 aromatic heterocycles. The van der Waals surface area contributed by atoms with E-state index >= 15 is 0 Å². The summed E-state index contributed by atoms with van der Waals surface area (Å²) in [5.41, 5.74) is 0. The molecule has 0 saturated heterocycles. The second kappa shape index (κ2) is 6.53. The van der Waals surface area contributed by atoms with Crippen molar-refractivity contribution in [2.45, 2.75) is 13.0 Å². The first-order valence-corrected chi connectivity index (χ1v) is 7.39. The average Bonchev–Trinajstić information content (AvgIpc) is 2.66. The number of fused-ring (bicyclic) bond motifs is 1. The molecule has 1 heterocycles. The van der Waals surface area contributed by atoms with Crippen molar-refractivity contribution in [2.24, 2.45) is 0 Å². The maximum absolute atomic E-state index is 6.38. The summed E-state index contributed by atoms with van der Waals surface area (Å²) < 4.78 is 1.27. The van der Waals surface area contributed by atoms with Gasteiger partial charge in [-0.05, 0) is 39.7 Å². The van der Waals surface area contributed by atoms with Gasteiger partial charge in [0.2, 0.25) is 0 Å². The molecule has 4 heteroatoms. The van der Waals surface area contributed by atoms with E-state index in [-0.39, 0.29) is 0 Å². The lowest BCUT2D eigenvalue weighted by Gasteiger charge is -2.09. The van der Waals surface area contributed by atoms with Gasteiger partial charge in [-0.3, -0.25) is 0 Å². The van der Waals surface area contributed by atoms with Crippen LogP contribution in [-0.4, -0.2) is 32.1 Å². The Morgan fingerprint density at radius 1 is 1.28 bits per heavy atom. The summed E-state index contributed by atoms with van der Waals surface area (Å²) >= 11 is 8.17. The Labute approximate surface area is 118 Å². The van der Waals surface area contributed by atoms with Crippen LogP contribution in [0.3, 0.4) is 0 Å². The van der Waals surface area contributed by atoms with Gasteiger partial charge in [-0.25, -0.2) is 0 Å². The van der Waals surface area contributed by atoms with Crippen LogP contribution in [0, 0.1) is 0 Å². The second-order valence-corrected chi connectivity index (χ2v) is 6.18. The number of nitrogens with one attached hydrogen (secondary N) is 1. The van der Waals surface area contributed by atoms with Gasteiger partial charge in [0.15, 0.2) is 0 Å². The van der Waals surface area contributed by atoms with Crippen molar-refractivity contribution in [1.82, 2.24) is 10.2 Å². The first-order chi connectivity index (χ1) is 8.68. The van der Waals surface area contributed by atoms with Crippen LogP contribution in [0.25, 0.3) is 10.1 Å². The van der Waals surface area contributed by atoms with E-state index in [1.807, 2.05) is 6.07 Å². The van der Waals surface area contributed by atoms with E-state index in [2.05, 4.69) is 42.5 Å². The number of nitrogens with zero attached hydrogens (tertiary/aromatic N) is 1. The largest absolute Gasteiger partial charge is 0.312 e. The van der Waals surface area contributed by atoms with Crippen molar-refractivity contribution in [3.63, 3.8) is 0 Å². The third kappa shape index (κ3) is 3.45. The van der Waals surface area contributed by atoms with Gasteiger partial charge in [0.05, 0.1) is 5.02 Å². The van der Waals surface area contributed by atoms with E-state index in [1.165, 1.54) is 15.0 Å². The van der Waals surface area contributed by atoms with E-state index in [0.717, 1.165) is 31.1 Å². The Kier molecular flexibility index (Phi) is 5.01. The summed E-state index contributed by atoms with van der Waals surface area (Å²) in [5.74, 6) is 0.